The molecular formula is C15H18Cl2N2O. The predicted molar refractivity (Wildman–Crippen MR) is 84.5 cm³/mol. The summed E-state index contributed by atoms with van der Waals surface area (Å²) in [5.74, 6) is 0.420. The van der Waals surface area contributed by atoms with Gasteiger partial charge in [-0.05, 0) is 31.0 Å². The van der Waals surface area contributed by atoms with Gasteiger partial charge in [-0.2, -0.15) is 0 Å². The van der Waals surface area contributed by atoms with Gasteiger partial charge in [-0.3, -0.25) is 4.79 Å². The van der Waals surface area contributed by atoms with Crippen molar-refractivity contribution in [2.24, 2.45) is 5.92 Å². The molecule has 0 radical (unpaired) electrons. The van der Waals surface area contributed by atoms with E-state index in [0.717, 1.165) is 10.9 Å². The fourth-order valence-electron chi connectivity index (χ4n) is 2.10. The van der Waals surface area contributed by atoms with Crippen molar-refractivity contribution < 1.29 is 4.79 Å². The van der Waals surface area contributed by atoms with Crippen molar-refractivity contribution in [2.75, 3.05) is 6.54 Å². The number of aromatic nitrogens is 1. The Hall–Kier alpha value is -1.19. The van der Waals surface area contributed by atoms with Gasteiger partial charge in [-0.25, -0.2) is 0 Å². The summed E-state index contributed by atoms with van der Waals surface area (Å²) in [6, 6.07) is 5.13. The molecule has 0 saturated heterocycles. The highest BCUT2D eigenvalue weighted by atomic mass is 35.5. The summed E-state index contributed by atoms with van der Waals surface area (Å²) in [5.41, 5.74) is 0.870. The zero-order chi connectivity index (χ0) is 14.9. The maximum absolute atomic E-state index is 12.2. The molecule has 0 bridgehead atoms. The minimum absolute atomic E-state index is 0.00713. The Labute approximate surface area is 128 Å². The van der Waals surface area contributed by atoms with E-state index in [4.69, 9.17) is 23.2 Å². The van der Waals surface area contributed by atoms with E-state index < -0.39 is 0 Å². The van der Waals surface area contributed by atoms with Crippen molar-refractivity contribution >= 4 is 40.0 Å². The van der Waals surface area contributed by atoms with Crippen LogP contribution in [0.25, 0.3) is 10.9 Å². The van der Waals surface area contributed by atoms with Gasteiger partial charge in [0.15, 0.2) is 0 Å². The van der Waals surface area contributed by atoms with Gasteiger partial charge in [0, 0.05) is 23.2 Å². The average molecular weight is 313 g/mol. The fourth-order valence-corrected chi connectivity index (χ4v) is 2.65. The standard InChI is InChI=1S/C15H18Cl2N2O/c1-9(2)8-18-15(20)10(3)19-5-4-12-13(17)6-11(16)7-14(12)19/h4-7,9-10H,8H2,1-3H3,(H,18,20). The molecule has 0 fully saturated rings. The van der Waals surface area contributed by atoms with Crippen LogP contribution in [-0.4, -0.2) is 17.0 Å². The maximum atomic E-state index is 12.2. The van der Waals surface area contributed by atoms with E-state index in [9.17, 15) is 4.79 Å². The Bertz CT molecular complexity index is 634. The first-order valence-corrected chi connectivity index (χ1v) is 7.39. The molecule has 0 aliphatic carbocycles. The van der Waals surface area contributed by atoms with Crippen molar-refractivity contribution in [3.05, 3.63) is 34.4 Å². The van der Waals surface area contributed by atoms with Crippen molar-refractivity contribution in [3.63, 3.8) is 0 Å². The third kappa shape index (κ3) is 3.10. The first-order valence-electron chi connectivity index (χ1n) is 6.63. The molecule has 0 saturated carbocycles. The van der Waals surface area contributed by atoms with E-state index in [-0.39, 0.29) is 11.9 Å². The first-order chi connectivity index (χ1) is 9.40. The van der Waals surface area contributed by atoms with E-state index in [2.05, 4.69) is 19.2 Å². The highest BCUT2D eigenvalue weighted by Crippen LogP contribution is 2.30. The molecule has 3 nitrogen and oxygen atoms in total. The number of halogens is 2. The topological polar surface area (TPSA) is 34.0 Å². The lowest BCUT2D eigenvalue weighted by molar-refractivity contribution is -0.123. The smallest absolute Gasteiger partial charge is 0.242 e. The molecule has 1 atom stereocenters. The number of carbonyl (C=O) groups is 1. The second-order valence-corrected chi connectivity index (χ2v) is 6.20. The minimum Gasteiger partial charge on any atom is -0.354 e. The van der Waals surface area contributed by atoms with Crippen LogP contribution in [0.1, 0.15) is 26.8 Å². The molecule has 2 aromatic rings. The van der Waals surface area contributed by atoms with Gasteiger partial charge >= 0.3 is 0 Å². The van der Waals surface area contributed by atoms with Gasteiger partial charge in [-0.15, -0.1) is 0 Å². The zero-order valence-electron chi connectivity index (χ0n) is 11.8. The Kier molecular flexibility index (Phi) is 4.61. The zero-order valence-corrected chi connectivity index (χ0v) is 13.3. The van der Waals surface area contributed by atoms with E-state index in [1.807, 2.05) is 29.8 Å². The summed E-state index contributed by atoms with van der Waals surface area (Å²) in [7, 11) is 0. The molecule has 20 heavy (non-hydrogen) atoms. The Morgan fingerprint density at radius 3 is 2.65 bits per heavy atom. The van der Waals surface area contributed by atoms with E-state index in [1.165, 1.54) is 0 Å². The van der Waals surface area contributed by atoms with E-state index in [1.54, 1.807) is 6.07 Å². The Balaban J connectivity index is 2.31. The van der Waals surface area contributed by atoms with Gasteiger partial charge in [0.25, 0.3) is 0 Å². The number of benzene rings is 1. The number of fused-ring (bicyclic) bond motifs is 1. The SMILES string of the molecule is CC(C)CNC(=O)C(C)n1ccc2c(Cl)cc(Cl)cc21. The average Bonchev–Trinajstić information content (AvgIpc) is 2.78. The number of amides is 1. The highest BCUT2D eigenvalue weighted by Gasteiger charge is 2.17. The fraction of sp³-hybridized carbons (Fsp3) is 0.400. The maximum Gasteiger partial charge on any atom is 0.242 e. The van der Waals surface area contributed by atoms with Crippen LogP contribution in [0.5, 0.6) is 0 Å². The van der Waals surface area contributed by atoms with Gasteiger partial charge < -0.3 is 9.88 Å². The molecule has 1 unspecified atom stereocenters. The summed E-state index contributed by atoms with van der Waals surface area (Å²) >= 11 is 12.2. The van der Waals surface area contributed by atoms with Crippen LogP contribution in [0, 0.1) is 5.92 Å². The van der Waals surface area contributed by atoms with E-state index in [0.29, 0.717) is 22.5 Å². The number of rotatable bonds is 4. The summed E-state index contributed by atoms with van der Waals surface area (Å²) in [6.07, 6.45) is 1.87. The van der Waals surface area contributed by atoms with Crippen LogP contribution in [0.15, 0.2) is 24.4 Å². The van der Waals surface area contributed by atoms with Crippen LogP contribution in [0.2, 0.25) is 10.0 Å². The molecule has 0 spiro atoms. The normalized spacial score (nSPS) is 12.9. The molecule has 1 heterocycles. The molecule has 0 aliphatic heterocycles. The van der Waals surface area contributed by atoms with Crippen LogP contribution in [-0.2, 0) is 4.79 Å². The molecular weight excluding hydrogens is 295 g/mol. The monoisotopic (exact) mass is 312 g/mol. The molecule has 1 aromatic carbocycles. The first kappa shape index (κ1) is 15.2. The van der Waals surface area contributed by atoms with Gasteiger partial charge in [0.1, 0.15) is 6.04 Å². The molecule has 108 valence electrons. The quantitative estimate of drug-likeness (QED) is 0.898. The second kappa shape index (κ2) is 6.06. The van der Waals surface area contributed by atoms with Crippen LogP contribution >= 0.6 is 23.2 Å². The third-order valence-corrected chi connectivity index (χ3v) is 3.76. The summed E-state index contributed by atoms with van der Waals surface area (Å²) in [5, 5.41) is 5.01. The third-order valence-electron chi connectivity index (χ3n) is 3.23. The van der Waals surface area contributed by atoms with Crippen LogP contribution in [0.4, 0.5) is 0 Å². The Morgan fingerprint density at radius 1 is 1.30 bits per heavy atom. The molecule has 1 amide bonds. The molecule has 1 aromatic heterocycles. The lowest BCUT2D eigenvalue weighted by Crippen LogP contribution is -2.33. The Morgan fingerprint density at radius 2 is 2.00 bits per heavy atom. The number of nitrogens with zero attached hydrogens (tertiary/aromatic N) is 1. The summed E-state index contributed by atoms with van der Waals surface area (Å²) < 4.78 is 1.89. The summed E-state index contributed by atoms with van der Waals surface area (Å²) in [6.45, 7) is 6.67. The minimum atomic E-state index is -0.305. The highest BCUT2D eigenvalue weighted by molar-refractivity contribution is 6.38. The van der Waals surface area contributed by atoms with Crippen LogP contribution < -0.4 is 5.32 Å². The van der Waals surface area contributed by atoms with Crippen molar-refractivity contribution in [3.8, 4) is 0 Å². The molecule has 0 aliphatic rings. The predicted octanol–water partition coefficient (Wildman–Crippen LogP) is 4.28. The molecule has 5 heteroatoms. The molecule has 1 N–H and O–H groups in total. The van der Waals surface area contributed by atoms with Crippen molar-refractivity contribution in [2.45, 2.75) is 26.8 Å². The largest absolute Gasteiger partial charge is 0.354 e. The number of carbonyl (C=O) groups excluding carboxylic acids is 1. The number of nitrogens with one attached hydrogen (secondary N) is 1. The van der Waals surface area contributed by atoms with Crippen molar-refractivity contribution in [1.82, 2.24) is 9.88 Å². The van der Waals surface area contributed by atoms with E-state index >= 15 is 0 Å². The molecule has 2 rings (SSSR count). The van der Waals surface area contributed by atoms with Gasteiger partial charge in [0.2, 0.25) is 5.91 Å². The van der Waals surface area contributed by atoms with Gasteiger partial charge in [0.05, 0.1) is 10.5 Å². The lowest BCUT2D eigenvalue weighted by atomic mass is 10.2. The summed E-state index contributed by atoms with van der Waals surface area (Å²) in [4.78, 5) is 12.2. The van der Waals surface area contributed by atoms with Crippen LogP contribution in [0.3, 0.4) is 0 Å². The van der Waals surface area contributed by atoms with Crippen molar-refractivity contribution in [1.29, 1.82) is 0 Å². The number of hydrogen-bond acceptors (Lipinski definition) is 1. The van der Waals surface area contributed by atoms with Gasteiger partial charge in [-0.1, -0.05) is 37.0 Å². The lowest BCUT2D eigenvalue weighted by Gasteiger charge is -2.16. The number of hydrogen-bond donors (Lipinski definition) is 1. The second-order valence-electron chi connectivity index (χ2n) is 5.36.